The minimum absolute atomic E-state index is 0.0261. The van der Waals surface area contributed by atoms with Gasteiger partial charge < -0.3 is 10.6 Å². The van der Waals surface area contributed by atoms with Crippen molar-refractivity contribution in [3.05, 3.63) is 130 Å². The SMILES string of the molecule is CC(C)(C)C=Cc1ccc(C(Cc2ccc(C(=O)NCCS(=O)(=O)O)cc2)C(=O)Nc2ccc(-c3ccc(F)cc3Cl)cc2)cc1. The zero-order chi connectivity index (χ0) is 33.5. The van der Waals surface area contributed by atoms with Crippen LogP contribution in [0.4, 0.5) is 10.1 Å². The first-order chi connectivity index (χ1) is 21.7. The summed E-state index contributed by atoms with van der Waals surface area (Å²) in [5.74, 6) is -2.27. The molecule has 1 unspecified atom stereocenters. The lowest BCUT2D eigenvalue weighted by Gasteiger charge is -2.19. The van der Waals surface area contributed by atoms with Gasteiger partial charge in [0.2, 0.25) is 5.91 Å². The van der Waals surface area contributed by atoms with Gasteiger partial charge in [0, 0.05) is 23.4 Å². The Kier molecular flexibility index (Phi) is 11.2. The molecule has 0 saturated heterocycles. The summed E-state index contributed by atoms with van der Waals surface area (Å²) in [6.45, 7) is 6.13. The summed E-state index contributed by atoms with van der Waals surface area (Å²) >= 11 is 6.23. The van der Waals surface area contributed by atoms with Gasteiger partial charge in [0.05, 0.1) is 16.7 Å². The second-order valence-corrected chi connectivity index (χ2v) is 14.0. The van der Waals surface area contributed by atoms with E-state index in [0.717, 1.165) is 22.3 Å². The van der Waals surface area contributed by atoms with Gasteiger partial charge in [0.15, 0.2) is 0 Å². The molecule has 4 aromatic carbocycles. The molecule has 0 aliphatic carbocycles. The van der Waals surface area contributed by atoms with Crippen LogP contribution in [0.15, 0.2) is 97.1 Å². The molecule has 0 aliphatic heterocycles. The molecule has 0 saturated carbocycles. The molecule has 240 valence electrons. The largest absolute Gasteiger partial charge is 0.351 e. The van der Waals surface area contributed by atoms with Gasteiger partial charge in [-0.15, -0.1) is 0 Å². The average molecular weight is 663 g/mol. The minimum atomic E-state index is -4.18. The van der Waals surface area contributed by atoms with Crippen LogP contribution >= 0.6 is 11.6 Å². The molecule has 0 radical (unpaired) electrons. The van der Waals surface area contributed by atoms with E-state index in [1.807, 2.05) is 30.3 Å². The van der Waals surface area contributed by atoms with Crippen LogP contribution in [0.25, 0.3) is 17.2 Å². The number of nitrogens with one attached hydrogen (secondary N) is 2. The molecular formula is C36H36ClFN2O5S. The van der Waals surface area contributed by atoms with Crippen molar-refractivity contribution in [1.29, 1.82) is 0 Å². The number of carbonyl (C=O) groups excluding carboxylic acids is 2. The molecule has 0 aliphatic rings. The normalized spacial score (nSPS) is 12.6. The Balaban J connectivity index is 1.54. The maximum atomic E-state index is 13.8. The number of allylic oxidation sites excluding steroid dienone is 1. The second kappa shape index (κ2) is 14.9. The summed E-state index contributed by atoms with van der Waals surface area (Å²) < 4.78 is 44.2. The standard InChI is InChI=1S/C36H36ClFN2O5S/c1-36(2,3)19-18-24-4-8-27(9-5-24)32(22-25-6-10-28(11-7-25)34(41)39-20-21-46(43,44)45)35(42)40-30-15-12-26(13-16-30)31-17-14-29(38)23-33(31)37/h4-19,23,32H,20-22H2,1-3H3,(H,39,41)(H,40,42)(H,43,44,45). The van der Waals surface area contributed by atoms with Crippen molar-refractivity contribution in [2.45, 2.75) is 33.1 Å². The van der Waals surface area contributed by atoms with E-state index in [0.29, 0.717) is 28.3 Å². The highest BCUT2D eigenvalue weighted by Crippen LogP contribution is 2.30. The molecule has 2 amide bonds. The summed E-state index contributed by atoms with van der Waals surface area (Å²) in [4.78, 5) is 26.2. The third-order valence-corrected chi connectivity index (χ3v) is 8.16. The number of rotatable bonds is 11. The molecule has 0 bridgehead atoms. The van der Waals surface area contributed by atoms with Crippen LogP contribution in [-0.4, -0.2) is 37.1 Å². The smallest absolute Gasteiger partial charge is 0.266 e. The summed E-state index contributed by atoms with van der Waals surface area (Å²) in [5.41, 5.74) is 5.01. The monoisotopic (exact) mass is 662 g/mol. The first-order valence-corrected chi connectivity index (χ1v) is 16.6. The maximum Gasteiger partial charge on any atom is 0.266 e. The van der Waals surface area contributed by atoms with Crippen molar-refractivity contribution >= 4 is 45.3 Å². The predicted octanol–water partition coefficient (Wildman–Crippen LogP) is 7.79. The molecule has 3 N–H and O–H groups in total. The number of hydrogen-bond donors (Lipinski definition) is 3. The summed E-state index contributed by atoms with van der Waals surface area (Å²) in [5, 5.41) is 5.76. The highest BCUT2D eigenvalue weighted by atomic mass is 35.5. The fourth-order valence-corrected chi connectivity index (χ4v) is 5.29. The van der Waals surface area contributed by atoms with Crippen LogP contribution in [0.2, 0.25) is 5.02 Å². The number of halogens is 2. The molecule has 10 heteroatoms. The van der Waals surface area contributed by atoms with Gasteiger partial charge >= 0.3 is 0 Å². The lowest BCUT2D eigenvalue weighted by atomic mass is 9.89. The Morgan fingerprint density at radius 1 is 0.935 bits per heavy atom. The Morgan fingerprint density at radius 2 is 1.59 bits per heavy atom. The molecule has 0 spiro atoms. The van der Waals surface area contributed by atoms with Gasteiger partial charge in [-0.05, 0) is 76.6 Å². The second-order valence-electron chi connectivity index (χ2n) is 12.1. The lowest BCUT2D eigenvalue weighted by molar-refractivity contribution is -0.117. The van der Waals surface area contributed by atoms with Crippen LogP contribution < -0.4 is 10.6 Å². The molecule has 0 fully saturated rings. The maximum absolute atomic E-state index is 13.8. The van der Waals surface area contributed by atoms with Crippen LogP contribution in [-0.2, 0) is 21.3 Å². The molecular weight excluding hydrogens is 627 g/mol. The van der Waals surface area contributed by atoms with E-state index in [1.54, 1.807) is 54.6 Å². The minimum Gasteiger partial charge on any atom is -0.351 e. The van der Waals surface area contributed by atoms with Crippen LogP contribution in [0.1, 0.15) is 53.7 Å². The Morgan fingerprint density at radius 3 is 2.17 bits per heavy atom. The highest BCUT2D eigenvalue weighted by molar-refractivity contribution is 7.85. The summed E-state index contributed by atoms with van der Waals surface area (Å²) in [6, 6.07) is 25.9. The highest BCUT2D eigenvalue weighted by Gasteiger charge is 2.22. The van der Waals surface area contributed by atoms with Gasteiger partial charge in [-0.1, -0.05) is 93.1 Å². The van der Waals surface area contributed by atoms with E-state index >= 15 is 0 Å². The van der Waals surface area contributed by atoms with E-state index in [4.69, 9.17) is 16.2 Å². The van der Waals surface area contributed by atoms with E-state index in [-0.39, 0.29) is 17.9 Å². The first-order valence-electron chi connectivity index (χ1n) is 14.6. The van der Waals surface area contributed by atoms with Gasteiger partial charge in [-0.2, -0.15) is 8.42 Å². The average Bonchev–Trinajstić information content (AvgIpc) is 2.99. The van der Waals surface area contributed by atoms with Crippen molar-refractivity contribution in [3.63, 3.8) is 0 Å². The zero-order valence-corrected chi connectivity index (χ0v) is 27.3. The van der Waals surface area contributed by atoms with Crippen molar-refractivity contribution < 1.29 is 27.0 Å². The fraction of sp³-hybridized carbons (Fsp3) is 0.222. The van der Waals surface area contributed by atoms with E-state index in [2.05, 4.69) is 37.5 Å². The number of carbonyl (C=O) groups is 2. The van der Waals surface area contributed by atoms with Gasteiger partial charge in [-0.25, -0.2) is 4.39 Å². The molecule has 4 aromatic rings. The van der Waals surface area contributed by atoms with Gasteiger partial charge in [-0.3, -0.25) is 14.1 Å². The molecule has 4 rings (SSSR count). The van der Waals surface area contributed by atoms with Crippen molar-refractivity contribution in [3.8, 4) is 11.1 Å². The van der Waals surface area contributed by atoms with Crippen molar-refractivity contribution in [1.82, 2.24) is 5.32 Å². The molecule has 1 atom stereocenters. The molecule has 0 heterocycles. The summed E-state index contributed by atoms with van der Waals surface area (Å²) in [6.07, 6.45) is 4.51. The number of amides is 2. The summed E-state index contributed by atoms with van der Waals surface area (Å²) in [7, 11) is -4.18. The van der Waals surface area contributed by atoms with E-state index in [1.165, 1.54) is 12.1 Å². The third kappa shape index (κ3) is 10.4. The van der Waals surface area contributed by atoms with Crippen LogP contribution in [0, 0.1) is 11.2 Å². The Hall–Kier alpha value is -4.31. The number of benzene rings is 4. The Labute approximate surface area is 274 Å². The van der Waals surface area contributed by atoms with E-state index in [9.17, 15) is 22.4 Å². The predicted molar refractivity (Wildman–Crippen MR) is 182 cm³/mol. The molecule has 46 heavy (non-hydrogen) atoms. The number of hydrogen-bond acceptors (Lipinski definition) is 4. The van der Waals surface area contributed by atoms with Gasteiger partial charge in [0.1, 0.15) is 5.82 Å². The quantitative estimate of drug-likeness (QED) is 0.142. The number of anilines is 1. The topological polar surface area (TPSA) is 113 Å². The fourth-order valence-electron chi connectivity index (χ4n) is 4.66. The lowest BCUT2D eigenvalue weighted by Crippen LogP contribution is -2.28. The van der Waals surface area contributed by atoms with Gasteiger partial charge in [0.25, 0.3) is 16.0 Å². The van der Waals surface area contributed by atoms with E-state index < -0.39 is 33.5 Å². The Bertz CT molecular complexity index is 1820. The van der Waals surface area contributed by atoms with Crippen LogP contribution in [0.5, 0.6) is 0 Å². The zero-order valence-electron chi connectivity index (χ0n) is 25.8. The first kappa shape index (κ1) is 34.6. The van der Waals surface area contributed by atoms with Crippen molar-refractivity contribution in [2.24, 2.45) is 5.41 Å². The molecule has 0 aromatic heterocycles. The van der Waals surface area contributed by atoms with Crippen molar-refractivity contribution in [2.75, 3.05) is 17.6 Å². The molecule has 7 nitrogen and oxygen atoms in total. The van der Waals surface area contributed by atoms with Crippen LogP contribution in [0.3, 0.4) is 0 Å². The third-order valence-electron chi connectivity index (χ3n) is 7.13.